The smallest absolute Gasteiger partial charge is 0.351 e. The van der Waals surface area contributed by atoms with Crippen LogP contribution in [0.3, 0.4) is 0 Å². The third kappa shape index (κ3) is 12.6. The van der Waals surface area contributed by atoms with E-state index < -0.39 is 226 Å². The zero-order valence-corrected chi connectivity index (χ0v) is 43.5. The van der Waals surface area contributed by atoms with E-state index in [2.05, 4.69) is 0 Å². The molecule has 572 valence electrons. The van der Waals surface area contributed by atoms with Gasteiger partial charge in [0.05, 0.1) is 0 Å². The molecule has 0 unspecified atom stereocenters. The van der Waals surface area contributed by atoms with Crippen molar-refractivity contribution in [3.05, 3.63) is 0 Å². The molecule has 0 aromatic carbocycles. The van der Waals surface area contributed by atoms with Crippen molar-refractivity contribution in [2.24, 2.45) is 5.40 Å². The van der Waals surface area contributed by atoms with Crippen molar-refractivity contribution in [2.75, 3.05) is 0 Å². The monoisotopic (exact) mass is 1580 g/mol. The molecule has 0 amide bonds. The van der Waals surface area contributed by atoms with Gasteiger partial charge in [-0.15, -0.1) is 0 Å². The minimum absolute atomic E-state index is 2.80. The van der Waals surface area contributed by atoms with Gasteiger partial charge in [-0.05, 0) is 37.4 Å². The summed E-state index contributed by atoms with van der Waals surface area (Å²) in [7, 11) is -6.44. The fourth-order valence-corrected chi connectivity index (χ4v) is 10.4. The molecular formula is C36H20F57NSi. The molecule has 0 saturated heterocycles. The molecule has 1 nitrogen and oxygen atoms in total. The van der Waals surface area contributed by atoms with Crippen LogP contribution in [0.2, 0.25) is 18.1 Å². The molecule has 59 heteroatoms. The van der Waals surface area contributed by atoms with Gasteiger partial charge < -0.3 is 5.40 Å². The molecule has 0 aliphatic heterocycles. The van der Waals surface area contributed by atoms with Crippen LogP contribution >= 0.6 is 0 Å². The number of alkyl halides is 57. The lowest BCUT2D eigenvalue weighted by Gasteiger charge is -2.44. The van der Waals surface area contributed by atoms with Gasteiger partial charge in [0.25, 0.3) is 0 Å². The summed E-state index contributed by atoms with van der Waals surface area (Å²) in [5, 5.41) is 5.17. The molecule has 0 fully saturated rings. The molecule has 0 aromatic heterocycles. The highest BCUT2D eigenvalue weighted by atomic mass is 28.3. The normalized spacial score (nSPS) is 17.1. The van der Waals surface area contributed by atoms with Crippen molar-refractivity contribution in [3.63, 3.8) is 0 Å². The van der Waals surface area contributed by atoms with Crippen LogP contribution in [0.15, 0.2) is 0 Å². The Morgan fingerprint density at radius 3 is 0.347 bits per heavy atom. The van der Waals surface area contributed by atoms with Gasteiger partial charge in [-0.25, -0.2) is 0 Å². The van der Waals surface area contributed by atoms with Crippen LogP contribution in [-0.4, -0.2) is 169 Å². The first-order valence-electron chi connectivity index (χ1n) is 22.2. The van der Waals surface area contributed by atoms with Crippen LogP contribution < -0.4 is 5.40 Å². The van der Waals surface area contributed by atoms with E-state index in [-0.39, 0.29) is 0 Å². The van der Waals surface area contributed by atoms with E-state index in [1.807, 2.05) is 0 Å². The maximum absolute atomic E-state index is 14.7. The predicted molar refractivity (Wildman–Crippen MR) is 189 cm³/mol. The van der Waals surface area contributed by atoms with E-state index in [1.54, 1.807) is 0 Å². The number of rotatable bonds is 33. The maximum Gasteiger partial charge on any atom is 0.460 e. The summed E-state index contributed by atoms with van der Waals surface area (Å²) in [6.07, 6.45) is -46.7. The molecule has 0 radical (unpaired) electrons. The first kappa shape index (κ1) is 91.2. The largest absolute Gasteiger partial charge is 0.460 e. The number of nitrogens with two attached hydrogens (primary N) is 1. The van der Waals surface area contributed by atoms with Gasteiger partial charge in [-0.1, -0.05) is 0 Å². The van der Waals surface area contributed by atoms with Gasteiger partial charge in [-0.3, -0.25) is 0 Å². The van der Waals surface area contributed by atoms with Gasteiger partial charge in [-0.2, -0.15) is 250 Å². The topological polar surface area (TPSA) is 26.0 Å². The predicted octanol–water partition coefficient (Wildman–Crippen LogP) is 21.2. The summed E-state index contributed by atoms with van der Waals surface area (Å²) >= 11 is 0. The molecule has 2 N–H and O–H groups in total. The molecule has 0 atom stereocenters. The lowest BCUT2D eigenvalue weighted by Crippen LogP contribution is -2.75. The summed E-state index contributed by atoms with van der Waals surface area (Å²) in [5.41, 5.74) is 0. The SMILES string of the molecule is N[Si](CCCC(F)(F)C(F)(F)C(F)(F)C(F)(F)C(F)(F)C(F)(F)C(F)(F)C(F)(F)C(F)(F)F)(CCCC(F)(F)C(F)(F)C(F)(F)C(F)(F)C(F)(F)C(F)(F)C(F)(F)C(F)(F)C(F)(F)F)CCCC(F)(F)C(F)(F)C(F)(F)C(F)(F)C(F)(F)C(F)(F)C(F)(F)C(F)(F)C(F)(F)F. The summed E-state index contributed by atoms with van der Waals surface area (Å²) in [6.45, 7) is 0. The number of hydrogen-bond acceptors (Lipinski definition) is 1. The van der Waals surface area contributed by atoms with E-state index in [4.69, 9.17) is 5.40 Å². The first-order chi connectivity index (χ1) is 40.1. The fourth-order valence-electron chi connectivity index (χ4n) is 7.01. The Balaban J connectivity index is 8.06. The Labute approximate surface area is 482 Å². The summed E-state index contributed by atoms with van der Waals surface area (Å²) < 4.78 is 785. The van der Waals surface area contributed by atoms with E-state index in [0.29, 0.717) is 0 Å². The molecule has 0 saturated carbocycles. The summed E-state index contributed by atoms with van der Waals surface area (Å²) in [5.74, 6) is -221. The Bertz CT molecular complexity index is 2340. The number of halogens is 57. The Morgan fingerprint density at radius 1 is 0.147 bits per heavy atom. The zero-order valence-electron chi connectivity index (χ0n) is 42.5. The lowest BCUT2D eigenvalue weighted by molar-refractivity contribution is -0.468. The standard InChI is InChI=1S/C36H20F57NSi/c37-10(38,13(43,44)16(49,50)19(55,56)22(61,62)25(67,68)28(73,74)31(79,80)34(85,86)87)4-1-7-95(94,8-2-5-11(39,40)14(45,46)17(51,52)20(57,58)23(63,64)26(69,70)29(75,76)32(81,82)35(88,89)90)9-3-6-12(41,42)15(47,48)18(53,54)21(59,60)24(65,66)27(71,72)30(77,78)33(83,84)36(91,92)93/h1-9,94H2. The van der Waals surface area contributed by atoms with Gasteiger partial charge in [0, 0.05) is 19.3 Å². The van der Waals surface area contributed by atoms with E-state index >= 15 is 0 Å². The van der Waals surface area contributed by atoms with Crippen molar-refractivity contribution in [2.45, 2.75) is 217 Å². The van der Waals surface area contributed by atoms with E-state index in [9.17, 15) is 250 Å². The third-order valence-corrected chi connectivity index (χ3v) is 17.1. The molecule has 0 heterocycles. The minimum atomic E-state index is -9.71. The second-order valence-corrected chi connectivity index (χ2v) is 23.8. The Kier molecular flexibility index (Phi) is 23.0. The molecule has 0 aromatic rings. The third-order valence-electron chi connectivity index (χ3n) is 13.0. The molecule has 0 bridgehead atoms. The second kappa shape index (κ2) is 23.9. The fraction of sp³-hybridized carbons (Fsp3) is 1.00. The first-order valence-corrected chi connectivity index (χ1v) is 24.9. The summed E-state index contributed by atoms with van der Waals surface area (Å²) in [4.78, 5) is 0. The Morgan fingerprint density at radius 2 is 0.242 bits per heavy atom. The van der Waals surface area contributed by atoms with Crippen molar-refractivity contribution in [3.8, 4) is 0 Å². The molecule has 0 rings (SSSR count). The average Bonchev–Trinajstić information content (AvgIpc) is 0.703. The van der Waals surface area contributed by atoms with Crippen molar-refractivity contribution < 1.29 is 250 Å². The van der Waals surface area contributed by atoms with E-state index in [0.717, 1.165) is 0 Å². The second-order valence-electron chi connectivity index (χ2n) is 19.6. The lowest BCUT2D eigenvalue weighted by atomic mass is 9.86. The highest BCUT2D eigenvalue weighted by Crippen LogP contribution is 2.70. The van der Waals surface area contributed by atoms with Gasteiger partial charge in [0.1, 0.15) is 8.24 Å². The number of hydrogen-bond donors (Lipinski definition) is 1. The minimum Gasteiger partial charge on any atom is -0.351 e. The van der Waals surface area contributed by atoms with Crippen LogP contribution in [0, 0.1) is 0 Å². The van der Waals surface area contributed by atoms with E-state index in [1.165, 1.54) is 0 Å². The zero-order chi connectivity index (χ0) is 78.4. The highest BCUT2D eigenvalue weighted by Gasteiger charge is 3.00. The molecule has 0 aliphatic rings. The van der Waals surface area contributed by atoms with Crippen molar-refractivity contribution in [1.29, 1.82) is 0 Å². The average molecular weight is 1580 g/mol. The van der Waals surface area contributed by atoms with Crippen LogP contribution in [0.5, 0.6) is 0 Å². The quantitative estimate of drug-likeness (QED) is 0.0514. The molecule has 0 aliphatic carbocycles. The van der Waals surface area contributed by atoms with Gasteiger partial charge in [0.15, 0.2) is 0 Å². The highest BCUT2D eigenvalue weighted by molar-refractivity contribution is 6.76. The van der Waals surface area contributed by atoms with Gasteiger partial charge in [0.2, 0.25) is 0 Å². The van der Waals surface area contributed by atoms with Crippen LogP contribution in [0.1, 0.15) is 38.5 Å². The summed E-state index contributed by atoms with van der Waals surface area (Å²) in [6, 6.07) is -8.39. The van der Waals surface area contributed by atoms with Crippen LogP contribution in [0.4, 0.5) is 250 Å². The Hall–Kier alpha value is -3.81. The van der Waals surface area contributed by atoms with Crippen LogP contribution in [0.25, 0.3) is 0 Å². The van der Waals surface area contributed by atoms with Crippen LogP contribution in [-0.2, 0) is 0 Å². The van der Waals surface area contributed by atoms with Gasteiger partial charge >= 0.3 is 161 Å². The van der Waals surface area contributed by atoms with Crippen molar-refractivity contribution in [1.82, 2.24) is 0 Å². The molecule has 0 spiro atoms. The maximum atomic E-state index is 14.7. The van der Waals surface area contributed by atoms with Crippen molar-refractivity contribution >= 4 is 8.24 Å². The molecular weight excluding hydrogens is 1560 g/mol. The molecule has 95 heavy (non-hydrogen) atoms.